The molecule has 0 spiro atoms. The molecule has 158 valence electrons. The molecule has 2 rings (SSSR count). The second-order valence-electron chi connectivity index (χ2n) is 9.90. The first-order valence-corrected chi connectivity index (χ1v) is 10.6. The summed E-state index contributed by atoms with van der Waals surface area (Å²) in [5.41, 5.74) is 2.33. The zero-order chi connectivity index (χ0) is 20.8. The highest BCUT2D eigenvalue weighted by Gasteiger charge is 2.21. The van der Waals surface area contributed by atoms with Crippen LogP contribution < -0.4 is 16.0 Å². The Balaban J connectivity index is 1.63. The van der Waals surface area contributed by atoms with Gasteiger partial charge in [-0.1, -0.05) is 32.9 Å². The lowest BCUT2D eigenvalue weighted by atomic mass is 9.87. The predicted octanol–water partition coefficient (Wildman–Crippen LogP) is 4.82. The Morgan fingerprint density at radius 1 is 0.929 bits per heavy atom. The van der Waals surface area contributed by atoms with Gasteiger partial charge in [-0.3, -0.25) is 0 Å². The summed E-state index contributed by atoms with van der Waals surface area (Å²) in [6, 6.07) is 9.93. The van der Waals surface area contributed by atoms with Crippen LogP contribution in [0.5, 0.6) is 0 Å². The lowest BCUT2D eigenvalue weighted by Gasteiger charge is -2.30. The van der Waals surface area contributed by atoms with Crippen molar-refractivity contribution in [2.24, 2.45) is 0 Å². The number of amides is 1. The van der Waals surface area contributed by atoms with E-state index in [1.54, 1.807) is 0 Å². The standard InChI is InChI=1S/C23H39N3O2/c1-22(2,3)17-7-9-19(10-8-17)26-20-13-11-18(12-14-20)24-15-16-25-21(27)28-23(4,5)6/h7-10,18,20,24,26H,11-16H2,1-6H3,(H,25,27). The molecule has 3 N–H and O–H groups in total. The molecular formula is C23H39N3O2. The van der Waals surface area contributed by atoms with Gasteiger partial charge in [-0.25, -0.2) is 4.79 Å². The van der Waals surface area contributed by atoms with Crippen molar-refractivity contribution in [3.05, 3.63) is 29.8 Å². The van der Waals surface area contributed by atoms with Gasteiger partial charge in [-0.15, -0.1) is 0 Å². The van der Waals surface area contributed by atoms with Crippen LogP contribution in [0.2, 0.25) is 0 Å². The van der Waals surface area contributed by atoms with Gasteiger partial charge in [0, 0.05) is 30.9 Å². The van der Waals surface area contributed by atoms with E-state index in [0.29, 0.717) is 18.6 Å². The van der Waals surface area contributed by atoms with E-state index in [2.05, 4.69) is 61.0 Å². The number of hydrogen-bond donors (Lipinski definition) is 3. The number of rotatable bonds is 6. The maximum atomic E-state index is 11.6. The number of nitrogens with one attached hydrogen (secondary N) is 3. The third-order valence-electron chi connectivity index (χ3n) is 5.08. The number of anilines is 1. The third kappa shape index (κ3) is 8.09. The monoisotopic (exact) mass is 389 g/mol. The summed E-state index contributed by atoms with van der Waals surface area (Å²) in [5.74, 6) is 0. The SMILES string of the molecule is CC(C)(C)OC(=O)NCCNC1CCC(Nc2ccc(C(C)(C)C)cc2)CC1. The molecule has 0 aromatic heterocycles. The Labute approximate surface area is 171 Å². The summed E-state index contributed by atoms with van der Waals surface area (Å²) >= 11 is 0. The molecule has 28 heavy (non-hydrogen) atoms. The van der Waals surface area contributed by atoms with Crippen LogP contribution in [-0.4, -0.2) is 36.9 Å². The molecule has 5 nitrogen and oxygen atoms in total. The van der Waals surface area contributed by atoms with Gasteiger partial charge in [0.15, 0.2) is 0 Å². The molecule has 5 heteroatoms. The van der Waals surface area contributed by atoms with Crippen molar-refractivity contribution in [3.63, 3.8) is 0 Å². The van der Waals surface area contributed by atoms with Crippen LogP contribution in [-0.2, 0) is 10.2 Å². The van der Waals surface area contributed by atoms with Crippen molar-refractivity contribution >= 4 is 11.8 Å². The predicted molar refractivity (Wildman–Crippen MR) is 117 cm³/mol. The number of carbonyl (C=O) groups excluding carboxylic acids is 1. The second-order valence-corrected chi connectivity index (χ2v) is 9.90. The lowest BCUT2D eigenvalue weighted by molar-refractivity contribution is 0.0527. The van der Waals surface area contributed by atoms with Crippen molar-refractivity contribution < 1.29 is 9.53 Å². The van der Waals surface area contributed by atoms with E-state index in [0.717, 1.165) is 32.2 Å². The normalized spacial score (nSPS) is 20.5. The van der Waals surface area contributed by atoms with Gasteiger partial charge in [0.2, 0.25) is 0 Å². The average Bonchev–Trinajstić information content (AvgIpc) is 2.58. The van der Waals surface area contributed by atoms with E-state index in [-0.39, 0.29) is 11.5 Å². The van der Waals surface area contributed by atoms with Crippen LogP contribution in [0.25, 0.3) is 0 Å². The highest BCUT2D eigenvalue weighted by atomic mass is 16.6. The summed E-state index contributed by atoms with van der Waals surface area (Å²) in [6.45, 7) is 13.7. The Kier molecular flexibility index (Phi) is 7.76. The van der Waals surface area contributed by atoms with Crippen molar-refractivity contribution in [2.75, 3.05) is 18.4 Å². The molecule has 0 radical (unpaired) electrons. The van der Waals surface area contributed by atoms with Crippen molar-refractivity contribution in [1.29, 1.82) is 0 Å². The number of hydrogen-bond acceptors (Lipinski definition) is 4. The van der Waals surface area contributed by atoms with Crippen LogP contribution in [0, 0.1) is 0 Å². The first-order valence-electron chi connectivity index (χ1n) is 10.6. The zero-order valence-corrected chi connectivity index (χ0v) is 18.5. The molecule has 0 saturated heterocycles. The maximum Gasteiger partial charge on any atom is 0.407 e. The molecule has 0 unspecified atom stereocenters. The maximum absolute atomic E-state index is 11.6. The number of carbonyl (C=O) groups is 1. The van der Waals surface area contributed by atoms with Crippen molar-refractivity contribution in [1.82, 2.24) is 10.6 Å². The van der Waals surface area contributed by atoms with Crippen molar-refractivity contribution in [2.45, 2.75) is 90.3 Å². The van der Waals surface area contributed by atoms with E-state index in [9.17, 15) is 4.79 Å². The van der Waals surface area contributed by atoms with E-state index < -0.39 is 5.60 Å². The highest BCUT2D eigenvalue weighted by molar-refractivity contribution is 5.67. The topological polar surface area (TPSA) is 62.4 Å². The number of alkyl carbamates (subject to hydrolysis) is 1. The summed E-state index contributed by atoms with van der Waals surface area (Å²) in [6.07, 6.45) is 4.30. The first-order chi connectivity index (χ1) is 13.0. The average molecular weight is 390 g/mol. The van der Waals surface area contributed by atoms with Gasteiger partial charge in [0.25, 0.3) is 0 Å². The number of benzene rings is 1. The fourth-order valence-corrected chi connectivity index (χ4v) is 3.50. The van der Waals surface area contributed by atoms with Gasteiger partial charge >= 0.3 is 6.09 Å². The highest BCUT2D eigenvalue weighted by Crippen LogP contribution is 2.26. The molecule has 1 saturated carbocycles. The Bertz CT molecular complexity index is 606. The Morgan fingerprint density at radius 2 is 1.50 bits per heavy atom. The Hall–Kier alpha value is -1.75. The third-order valence-corrected chi connectivity index (χ3v) is 5.08. The van der Waals surface area contributed by atoms with Crippen LogP contribution in [0.3, 0.4) is 0 Å². The van der Waals surface area contributed by atoms with Crippen LogP contribution in [0.4, 0.5) is 10.5 Å². The molecule has 1 aliphatic carbocycles. The van der Waals surface area contributed by atoms with E-state index >= 15 is 0 Å². The zero-order valence-electron chi connectivity index (χ0n) is 18.5. The minimum atomic E-state index is -0.448. The van der Waals surface area contributed by atoms with Crippen LogP contribution >= 0.6 is 0 Å². The van der Waals surface area contributed by atoms with E-state index in [4.69, 9.17) is 4.74 Å². The van der Waals surface area contributed by atoms with Gasteiger partial charge < -0.3 is 20.7 Å². The fraction of sp³-hybridized carbons (Fsp3) is 0.696. The first kappa shape index (κ1) is 22.5. The summed E-state index contributed by atoms with van der Waals surface area (Å²) in [4.78, 5) is 11.6. The number of ether oxygens (including phenoxy) is 1. The molecule has 1 amide bonds. The summed E-state index contributed by atoms with van der Waals surface area (Å²) in [7, 11) is 0. The molecule has 1 aromatic carbocycles. The summed E-state index contributed by atoms with van der Waals surface area (Å²) in [5, 5.41) is 10.0. The molecular weight excluding hydrogens is 350 g/mol. The minimum Gasteiger partial charge on any atom is -0.444 e. The van der Waals surface area contributed by atoms with Gasteiger partial charge in [-0.05, 0) is 69.6 Å². The molecule has 1 fully saturated rings. The molecule has 1 aromatic rings. The quantitative estimate of drug-likeness (QED) is 0.610. The van der Waals surface area contributed by atoms with Gasteiger partial charge in [-0.2, -0.15) is 0 Å². The largest absolute Gasteiger partial charge is 0.444 e. The Morgan fingerprint density at radius 3 is 2.04 bits per heavy atom. The molecule has 1 aliphatic rings. The van der Waals surface area contributed by atoms with Crippen LogP contribution in [0.15, 0.2) is 24.3 Å². The molecule has 0 heterocycles. The molecule has 0 bridgehead atoms. The van der Waals surface area contributed by atoms with E-state index in [1.807, 2.05) is 20.8 Å². The lowest BCUT2D eigenvalue weighted by Crippen LogP contribution is -2.41. The fourth-order valence-electron chi connectivity index (χ4n) is 3.50. The smallest absolute Gasteiger partial charge is 0.407 e. The van der Waals surface area contributed by atoms with Crippen molar-refractivity contribution in [3.8, 4) is 0 Å². The summed E-state index contributed by atoms with van der Waals surface area (Å²) < 4.78 is 5.24. The van der Waals surface area contributed by atoms with Crippen LogP contribution in [0.1, 0.15) is 72.8 Å². The molecule has 0 atom stereocenters. The van der Waals surface area contributed by atoms with Gasteiger partial charge in [0.1, 0.15) is 5.60 Å². The van der Waals surface area contributed by atoms with Gasteiger partial charge in [0.05, 0.1) is 0 Å². The molecule has 0 aliphatic heterocycles. The second kappa shape index (κ2) is 9.64. The van der Waals surface area contributed by atoms with E-state index in [1.165, 1.54) is 11.3 Å². The minimum absolute atomic E-state index is 0.195.